The van der Waals surface area contributed by atoms with E-state index in [-0.39, 0.29) is 29.7 Å². The van der Waals surface area contributed by atoms with Crippen LogP contribution in [0.3, 0.4) is 0 Å². The van der Waals surface area contributed by atoms with Crippen molar-refractivity contribution in [2.24, 2.45) is 11.8 Å². The van der Waals surface area contributed by atoms with E-state index in [4.69, 9.17) is 0 Å². The summed E-state index contributed by atoms with van der Waals surface area (Å²) in [6, 6.07) is -1.32. The minimum Gasteiger partial charge on any atom is -0.345 e. The monoisotopic (exact) mass is 339 g/mol. The Morgan fingerprint density at radius 1 is 1.21 bits per heavy atom. The third-order valence-electron chi connectivity index (χ3n) is 5.04. The molecule has 2 N–H and O–H groups in total. The van der Waals surface area contributed by atoms with Gasteiger partial charge in [-0.15, -0.1) is 0 Å². The SMILES string of the molecule is CCC(C)C(NC(=O)C1CCCCN1C)C(=O)NC(C=O)C(C)C. The Kier molecular flexibility index (Phi) is 8.39. The summed E-state index contributed by atoms with van der Waals surface area (Å²) in [5, 5.41) is 5.69. The smallest absolute Gasteiger partial charge is 0.243 e. The highest BCUT2D eigenvalue weighted by Crippen LogP contribution is 2.16. The first-order valence-corrected chi connectivity index (χ1v) is 9.08. The lowest BCUT2D eigenvalue weighted by Gasteiger charge is -2.33. The zero-order chi connectivity index (χ0) is 18.3. The Labute approximate surface area is 145 Å². The lowest BCUT2D eigenvalue weighted by atomic mass is 9.95. The first kappa shape index (κ1) is 20.6. The summed E-state index contributed by atoms with van der Waals surface area (Å²) < 4.78 is 0. The Hall–Kier alpha value is -1.43. The Bertz CT molecular complexity index is 439. The fourth-order valence-corrected chi connectivity index (χ4v) is 2.97. The van der Waals surface area contributed by atoms with E-state index in [0.717, 1.165) is 38.5 Å². The molecule has 4 unspecified atom stereocenters. The van der Waals surface area contributed by atoms with Crippen molar-refractivity contribution in [1.82, 2.24) is 15.5 Å². The molecule has 4 atom stereocenters. The van der Waals surface area contributed by atoms with Crippen molar-refractivity contribution < 1.29 is 14.4 Å². The van der Waals surface area contributed by atoms with Crippen LogP contribution in [-0.4, -0.2) is 54.7 Å². The van der Waals surface area contributed by atoms with Gasteiger partial charge < -0.3 is 15.4 Å². The van der Waals surface area contributed by atoms with Gasteiger partial charge in [0.15, 0.2) is 0 Å². The molecule has 1 saturated heterocycles. The lowest BCUT2D eigenvalue weighted by molar-refractivity contribution is -0.134. The molecule has 0 aromatic heterocycles. The quantitative estimate of drug-likeness (QED) is 0.654. The standard InChI is InChI=1S/C18H33N3O3/c1-6-13(4)16(18(24)19-14(11-22)12(2)3)20-17(23)15-9-7-8-10-21(15)5/h11-16H,6-10H2,1-5H3,(H,19,24)(H,20,23). The van der Waals surface area contributed by atoms with Gasteiger partial charge in [-0.05, 0) is 38.3 Å². The molecule has 1 aliphatic heterocycles. The molecule has 0 aromatic rings. The number of rotatable bonds is 8. The third kappa shape index (κ3) is 5.58. The predicted molar refractivity (Wildman–Crippen MR) is 94.5 cm³/mol. The maximum absolute atomic E-state index is 12.6. The van der Waals surface area contributed by atoms with Crippen molar-refractivity contribution in [2.45, 2.75) is 71.5 Å². The second-order valence-electron chi connectivity index (χ2n) is 7.28. The third-order valence-corrected chi connectivity index (χ3v) is 5.04. The van der Waals surface area contributed by atoms with Gasteiger partial charge in [0.25, 0.3) is 0 Å². The minimum absolute atomic E-state index is 0.00214. The maximum atomic E-state index is 12.6. The molecular formula is C18H33N3O3. The van der Waals surface area contributed by atoms with Gasteiger partial charge in [-0.25, -0.2) is 0 Å². The summed E-state index contributed by atoms with van der Waals surface area (Å²) >= 11 is 0. The van der Waals surface area contributed by atoms with Gasteiger partial charge in [-0.2, -0.15) is 0 Å². The molecule has 0 bridgehead atoms. The number of nitrogens with one attached hydrogen (secondary N) is 2. The van der Waals surface area contributed by atoms with E-state index in [2.05, 4.69) is 10.6 Å². The molecule has 0 spiro atoms. The number of carbonyl (C=O) groups excluding carboxylic acids is 3. The van der Waals surface area contributed by atoms with Crippen molar-refractivity contribution in [3.05, 3.63) is 0 Å². The number of likely N-dealkylation sites (tertiary alicyclic amines) is 1. The number of likely N-dealkylation sites (N-methyl/N-ethyl adjacent to an activating group) is 1. The van der Waals surface area contributed by atoms with Crippen molar-refractivity contribution >= 4 is 18.1 Å². The number of hydrogen-bond acceptors (Lipinski definition) is 4. The molecule has 24 heavy (non-hydrogen) atoms. The molecule has 1 heterocycles. The number of amides is 2. The molecule has 0 saturated carbocycles. The summed E-state index contributed by atoms with van der Waals surface area (Å²) in [7, 11) is 1.95. The van der Waals surface area contributed by atoms with Crippen molar-refractivity contribution in [2.75, 3.05) is 13.6 Å². The predicted octanol–water partition coefficient (Wildman–Crippen LogP) is 1.34. The van der Waals surface area contributed by atoms with Crippen LogP contribution in [0.2, 0.25) is 0 Å². The van der Waals surface area contributed by atoms with Crippen LogP contribution in [0.5, 0.6) is 0 Å². The van der Waals surface area contributed by atoms with Crippen LogP contribution in [0.1, 0.15) is 53.4 Å². The topological polar surface area (TPSA) is 78.5 Å². The van der Waals surface area contributed by atoms with E-state index in [1.165, 1.54) is 0 Å². The molecular weight excluding hydrogens is 306 g/mol. The molecule has 2 amide bonds. The Morgan fingerprint density at radius 3 is 2.38 bits per heavy atom. The highest BCUT2D eigenvalue weighted by Gasteiger charge is 2.32. The van der Waals surface area contributed by atoms with E-state index in [1.54, 1.807) is 0 Å². The molecule has 1 aliphatic rings. The van der Waals surface area contributed by atoms with Crippen LogP contribution >= 0.6 is 0 Å². The lowest BCUT2D eigenvalue weighted by Crippen LogP contribution is -2.57. The normalized spacial score (nSPS) is 22.5. The molecule has 138 valence electrons. The summed E-state index contributed by atoms with van der Waals surface area (Å²) in [5.74, 6) is -0.349. The highest BCUT2D eigenvalue weighted by molar-refractivity contribution is 5.91. The van der Waals surface area contributed by atoms with Gasteiger partial charge >= 0.3 is 0 Å². The molecule has 1 rings (SSSR count). The fraction of sp³-hybridized carbons (Fsp3) is 0.833. The van der Waals surface area contributed by atoms with Gasteiger partial charge in [0.2, 0.25) is 11.8 Å². The average Bonchev–Trinajstić information content (AvgIpc) is 2.56. The van der Waals surface area contributed by atoms with Gasteiger partial charge in [0, 0.05) is 0 Å². The number of aldehydes is 1. The van der Waals surface area contributed by atoms with E-state index in [0.29, 0.717) is 0 Å². The zero-order valence-corrected chi connectivity index (χ0v) is 15.7. The summed E-state index contributed by atoms with van der Waals surface area (Å²) in [6.07, 6.45) is 4.48. The second kappa shape index (κ2) is 9.77. The van der Waals surface area contributed by atoms with Crippen LogP contribution in [-0.2, 0) is 14.4 Å². The molecule has 6 heteroatoms. The molecule has 0 aromatic carbocycles. The summed E-state index contributed by atoms with van der Waals surface area (Å²) in [6.45, 7) is 8.60. The molecule has 0 radical (unpaired) electrons. The number of piperidine rings is 1. The average molecular weight is 339 g/mol. The van der Waals surface area contributed by atoms with Gasteiger partial charge in [0.05, 0.1) is 12.1 Å². The largest absolute Gasteiger partial charge is 0.345 e. The Balaban J connectivity index is 2.79. The number of nitrogens with zero attached hydrogens (tertiary/aromatic N) is 1. The first-order chi connectivity index (χ1) is 11.3. The molecule has 6 nitrogen and oxygen atoms in total. The van der Waals surface area contributed by atoms with E-state index < -0.39 is 12.1 Å². The number of hydrogen-bond donors (Lipinski definition) is 2. The number of carbonyl (C=O) groups is 3. The van der Waals surface area contributed by atoms with Crippen LogP contribution in [0.4, 0.5) is 0 Å². The summed E-state index contributed by atoms with van der Waals surface area (Å²) in [4.78, 5) is 38.4. The van der Waals surface area contributed by atoms with Crippen molar-refractivity contribution in [3.8, 4) is 0 Å². The van der Waals surface area contributed by atoms with Gasteiger partial charge in [0.1, 0.15) is 12.3 Å². The summed E-state index contributed by atoms with van der Waals surface area (Å²) in [5.41, 5.74) is 0. The highest BCUT2D eigenvalue weighted by atomic mass is 16.2. The zero-order valence-electron chi connectivity index (χ0n) is 15.7. The van der Waals surface area contributed by atoms with E-state index >= 15 is 0 Å². The van der Waals surface area contributed by atoms with Crippen LogP contribution in [0, 0.1) is 11.8 Å². The van der Waals surface area contributed by atoms with Gasteiger partial charge in [-0.3, -0.25) is 14.5 Å². The Morgan fingerprint density at radius 2 is 1.88 bits per heavy atom. The maximum Gasteiger partial charge on any atom is 0.243 e. The van der Waals surface area contributed by atoms with Crippen molar-refractivity contribution in [1.29, 1.82) is 0 Å². The second-order valence-corrected chi connectivity index (χ2v) is 7.28. The molecule has 1 fully saturated rings. The van der Waals surface area contributed by atoms with E-state index in [1.807, 2.05) is 39.6 Å². The molecule has 0 aliphatic carbocycles. The van der Waals surface area contributed by atoms with Gasteiger partial charge in [-0.1, -0.05) is 40.5 Å². The van der Waals surface area contributed by atoms with Crippen LogP contribution in [0.25, 0.3) is 0 Å². The first-order valence-electron chi connectivity index (χ1n) is 9.08. The van der Waals surface area contributed by atoms with Crippen LogP contribution < -0.4 is 10.6 Å². The van der Waals surface area contributed by atoms with Crippen molar-refractivity contribution in [3.63, 3.8) is 0 Å². The van der Waals surface area contributed by atoms with Crippen LogP contribution in [0.15, 0.2) is 0 Å². The fourth-order valence-electron chi connectivity index (χ4n) is 2.97. The minimum atomic E-state index is -0.612. The van der Waals surface area contributed by atoms with E-state index in [9.17, 15) is 14.4 Å².